The van der Waals surface area contributed by atoms with Crippen molar-refractivity contribution < 1.29 is 19.1 Å². The van der Waals surface area contributed by atoms with Gasteiger partial charge >= 0.3 is 12.1 Å². The van der Waals surface area contributed by atoms with Gasteiger partial charge in [0.05, 0.1) is 6.10 Å². The first-order chi connectivity index (χ1) is 6.56. The van der Waals surface area contributed by atoms with E-state index in [1.807, 2.05) is 6.92 Å². The molecule has 0 fully saturated rings. The van der Waals surface area contributed by atoms with Gasteiger partial charge in [0.1, 0.15) is 0 Å². The highest BCUT2D eigenvalue weighted by Gasteiger charge is 2.12. The number of hydrogen-bond donors (Lipinski definition) is 0. The van der Waals surface area contributed by atoms with Crippen LogP contribution in [0.1, 0.15) is 46.5 Å². The molecule has 0 aliphatic rings. The number of unbranched alkanes of at least 4 members (excludes halogenated alkanes) is 2. The minimum atomic E-state index is -0.901. The Kier molecular flexibility index (Phi) is 6.80. The van der Waals surface area contributed by atoms with E-state index in [9.17, 15) is 9.59 Å². The van der Waals surface area contributed by atoms with E-state index in [0.29, 0.717) is 0 Å². The smallest absolute Gasteiger partial charge is 0.431 e. The summed E-state index contributed by atoms with van der Waals surface area (Å²) in [6, 6.07) is 0. The monoisotopic (exact) mass is 202 g/mol. The second-order valence-corrected chi connectivity index (χ2v) is 3.35. The highest BCUT2D eigenvalue weighted by atomic mass is 16.7. The van der Waals surface area contributed by atoms with E-state index in [0.717, 1.165) is 19.3 Å². The molecular weight excluding hydrogens is 184 g/mol. The second-order valence-electron chi connectivity index (χ2n) is 3.35. The van der Waals surface area contributed by atoms with Gasteiger partial charge < -0.3 is 9.47 Å². The van der Waals surface area contributed by atoms with Crippen molar-refractivity contribution in [3.63, 3.8) is 0 Å². The van der Waals surface area contributed by atoms with E-state index in [-0.39, 0.29) is 12.5 Å². The van der Waals surface area contributed by atoms with Crippen LogP contribution in [0.4, 0.5) is 4.79 Å². The molecule has 0 N–H and O–H groups in total. The van der Waals surface area contributed by atoms with Crippen molar-refractivity contribution in [2.24, 2.45) is 0 Å². The first-order valence-corrected chi connectivity index (χ1v) is 4.97. The molecule has 0 saturated heterocycles. The fourth-order valence-corrected chi connectivity index (χ4v) is 0.880. The van der Waals surface area contributed by atoms with Crippen LogP contribution < -0.4 is 0 Å². The zero-order chi connectivity index (χ0) is 11.0. The highest BCUT2D eigenvalue weighted by Crippen LogP contribution is 2.02. The summed E-state index contributed by atoms with van der Waals surface area (Å²) in [5, 5.41) is 0. The fraction of sp³-hybridized carbons (Fsp3) is 0.800. The van der Waals surface area contributed by atoms with E-state index >= 15 is 0 Å². The molecule has 0 aromatic rings. The first kappa shape index (κ1) is 12.9. The van der Waals surface area contributed by atoms with Crippen LogP contribution >= 0.6 is 0 Å². The minimum absolute atomic E-state index is 0.258. The maximum absolute atomic E-state index is 11.0. The minimum Gasteiger partial charge on any atom is -0.431 e. The molecule has 4 heteroatoms. The topological polar surface area (TPSA) is 52.6 Å². The molecule has 0 spiro atoms. The standard InChI is InChI=1S/C10H18O4/c1-4-5-6-7-9(11)14-10(12)13-8(2)3/h8H,4-7H2,1-3H3. The van der Waals surface area contributed by atoms with Crippen molar-refractivity contribution in [3.8, 4) is 0 Å². The van der Waals surface area contributed by atoms with E-state index in [1.54, 1.807) is 13.8 Å². The van der Waals surface area contributed by atoms with Gasteiger partial charge in [0, 0.05) is 6.42 Å². The van der Waals surface area contributed by atoms with E-state index in [2.05, 4.69) is 9.47 Å². The summed E-state index contributed by atoms with van der Waals surface area (Å²) >= 11 is 0. The molecule has 14 heavy (non-hydrogen) atoms. The molecule has 0 heterocycles. The summed E-state index contributed by atoms with van der Waals surface area (Å²) in [6.07, 6.45) is 1.87. The van der Waals surface area contributed by atoms with Crippen LogP contribution in [0, 0.1) is 0 Å². The van der Waals surface area contributed by atoms with Crippen LogP contribution in [0.25, 0.3) is 0 Å². The maximum atomic E-state index is 11.0. The average Bonchev–Trinajstić information content (AvgIpc) is 2.02. The Balaban J connectivity index is 3.56. The van der Waals surface area contributed by atoms with Crippen LogP contribution in [0.2, 0.25) is 0 Å². The summed E-state index contributed by atoms with van der Waals surface area (Å²) < 4.78 is 9.05. The van der Waals surface area contributed by atoms with Gasteiger partial charge in [-0.05, 0) is 20.3 Å². The molecule has 0 aromatic heterocycles. The fourth-order valence-electron chi connectivity index (χ4n) is 0.880. The molecule has 0 rings (SSSR count). The lowest BCUT2D eigenvalue weighted by atomic mass is 10.2. The van der Waals surface area contributed by atoms with Gasteiger partial charge in [-0.25, -0.2) is 4.79 Å². The Bertz CT molecular complexity index is 187. The quantitative estimate of drug-likeness (QED) is 0.390. The Hall–Kier alpha value is -1.06. The number of ether oxygens (including phenoxy) is 2. The molecule has 0 bridgehead atoms. The molecule has 0 saturated carbocycles. The molecule has 0 aliphatic heterocycles. The maximum Gasteiger partial charge on any atom is 0.516 e. The van der Waals surface area contributed by atoms with Gasteiger partial charge in [-0.15, -0.1) is 0 Å². The van der Waals surface area contributed by atoms with Gasteiger partial charge in [-0.2, -0.15) is 0 Å². The van der Waals surface area contributed by atoms with Crippen molar-refractivity contribution in [2.75, 3.05) is 0 Å². The zero-order valence-corrected chi connectivity index (χ0v) is 9.04. The van der Waals surface area contributed by atoms with Gasteiger partial charge in [-0.3, -0.25) is 4.79 Å². The molecule has 0 atom stereocenters. The molecule has 0 amide bonds. The van der Waals surface area contributed by atoms with Gasteiger partial charge in [-0.1, -0.05) is 19.8 Å². The molecule has 0 aromatic carbocycles. The molecular formula is C10H18O4. The second kappa shape index (κ2) is 7.35. The van der Waals surface area contributed by atoms with E-state index < -0.39 is 12.1 Å². The normalized spacial score (nSPS) is 10.0. The summed E-state index contributed by atoms with van der Waals surface area (Å²) in [7, 11) is 0. The number of hydrogen-bond acceptors (Lipinski definition) is 4. The van der Waals surface area contributed by atoms with Crippen molar-refractivity contribution in [1.82, 2.24) is 0 Å². The predicted octanol–water partition coefficient (Wildman–Crippen LogP) is 2.65. The Morgan fingerprint density at radius 3 is 2.36 bits per heavy atom. The molecule has 0 aliphatic carbocycles. The third-order valence-corrected chi connectivity index (χ3v) is 1.51. The van der Waals surface area contributed by atoms with Crippen LogP contribution in [0.15, 0.2) is 0 Å². The average molecular weight is 202 g/mol. The van der Waals surface area contributed by atoms with E-state index in [4.69, 9.17) is 0 Å². The lowest BCUT2D eigenvalue weighted by Crippen LogP contribution is -2.17. The summed E-state index contributed by atoms with van der Waals surface area (Å²) in [4.78, 5) is 21.8. The van der Waals surface area contributed by atoms with Gasteiger partial charge in [0.15, 0.2) is 0 Å². The van der Waals surface area contributed by atoms with Crippen LogP contribution in [-0.4, -0.2) is 18.2 Å². The van der Waals surface area contributed by atoms with Crippen molar-refractivity contribution in [2.45, 2.75) is 52.6 Å². The van der Waals surface area contributed by atoms with Crippen LogP contribution in [0.5, 0.6) is 0 Å². The summed E-state index contributed by atoms with van der Waals surface area (Å²) in [5.41, 5.74) is 0. The predicted molar refractivity (Wildman–Crippen MR) is 51.9 cm³/mol. The Morgan fingerprint density at radius 2 is 1.86 bits per heavy atom. The number of esters is 1. The van der Waals surface area contributed by atoms with Crippen molar-refractivity contribution >= 4 is 12.1 Å². The lowest BCUT2D eigenvalue weighted by molar-refractivity contribution is -0.140. The van der Waals surface area contributed by atoms with Gasteiger partial charge in [0.2, 0.25) is 0 Å². The third-order valence-electron chi connectivity index (χ3n) is 1.51. The van der Waals surface area contributed by atoms with Crippen molar-refractivity contribution in [3.05, 3.63) is 0 Å². The Labute approximate surface area is 84.6 Å². The third kappa shape index (κ3) is 7.58. The molecule has 0 radical (unpaired) electrons. The molecule has 4 nitrogen and oxygen atoms in total. The largest absolute Gasteiger partial charge is 0.516 e. The van der Waals surface area contributed by atoms with E-state index in [1.165, 1.54) is 0 Å². The molecule has 0 unspecified atom stereocenters. The first-order valence-electron chi connectivity index (χ1n) is 4.97. The molecule has 82 valence electrons. The van der Waals surface area contributed by atoms with Crippen LogP contribution in [-0.2, 0) is 14.3 Å². The SMILES string of the molecule is CCCCCC(=O)OC(=O)OC(C)C. The number of rotatable bonds is 5. The zero-order valence-electron chi connectivity index (χ0n) is 9.04. The Morgan fingerprint density at radius 1 is 1.21 bits per heavy atom. The summed E-state index contributed by atoms with van der Waals surface area (Å²) in [6.45, 7) is 5.43. The lowest BCUT2D eigenvalue weighted by Gasteiger charge is -2.06. The highest BCUT2D eigenvalue weighted by molar-refractivity contribution is 5.81. The van der Waals surface area contributed by atoms with Crippen LogP contribution in [0.3, 0.4) is 0 Å². The van der Waals surface area contributed by atoms with Gasteiger partial charge in [0.25, 0.3) is 0 Å². The summed E-state index contributed by atoms with van der Waals surface area (Å²) in [5.74, 6) is -0.510. The number of carbonyl (C=O) groups excluding carboxylic acids is 2. The van der Waals surface area contributed by atoms with Crippen molar-refractivity contribution in [1.29, 1.82) is 0 Å². The number of carbonyl (C=O) groups is 2.